The number of benzene rings is 2. The molecule has 6 heteroatoms. The van der Waals surface area contributed by atoms with E-state index in [9.17, 15) is 20.1 Å². The molecule has 31 heavy (non-hydrogen) atoms. The van der Waals surface area contributed by atoms with Crippen LogP contribution in [0.5, 0.6) is 17.2 Å². The zero-order valence-corrected chi connectivity index (χ0v) is 18.0. The number of phenolic OH excluding ortho intramolecular Hbond substituents is 2. The Balaban J connectivity index is 1.85. The Morgan fingerprint density at radius 1 is 1.23 bits per heavy atom. The number of rotatable bonds is 3. The van der Waals surface area contributed by atoms with E-state index < -0.39 is 17.1 Å². The Morgan fingerprint density at radius 2 is 1.97 bits per heavy atom. The van der Waals surface area contributed by atoms with E-state index in [1.165, 1.54) is 12.3 Å². The summed E-state index contributed by atoms with van der Waals surface area (Å²) in [6.45, 7) is 7.49. The highest BCUT2D eigenvalue weighted by molar-refractivity contribution is 5.89. The molecule has 0 radical (unpaired) electrons. The van der Waals surface area contributed by atoms with Crippen molar-refractivity contribution in [3.05, 3.63) is 63.5 Å². The lowest BCUT2D eigenvalue weighted by Gasteiger charge is -2.37. The third-order valence-electron chi connectivity index (χ3n) is 5.80. The molecule has 1 aromatic heterocycles. The topological polar surface area (TPSA) is 100 Å². The molecule has 0 saturated heterocycles. The first-order valence-corrected chi connectivity index (χ1v) is 10.2. The van der Waals surface area contributed by atoms with Crippen molar-refractivity contribution in [1.82, 2.24) is 0 Å². The third kappa shape index (κ3) is 3.68. The van der Waals surface area contributed by atoms with Crippen LogP contribution in [0.2, 0.25) is 0 Å². The fraction of sp³-hybridized carbons (Fsp3) is 0.320. The minimum absolute atomic E-state index is 0.0302. The van der Waals surface area contributed by atoms with Gasteiger partial charge in [0.15, 0.2) is 0 Å². The van der Waals surface area contributed by atoms with Gasteiger partial charge in [0.2, 0.25) is 5.43 Å². The second-order valence-electron chi connectivity index (χ2n) is 8.81. The second kappa shape index (κ2) is 7.46. The smallest absolute Gasteiger partial charge is 0.204 e. The molecule has 3 N–H and O–H groups in total. The van der Waals surface area contributed by atoms with Gasteiger partial charge in [0.05, 0.1) is 11.7 Å². The summed E-state index contributed by atoms with van der Waals surface area (Å²) in [5.41, 5.74) is 2.02. The molecule has 0 saturated carbocycles. The van der Waals surface area contributed by atoms with E-state index >= 15 is 0 Å². The lowest BCUT2D eigenvalue weighted by molar-refractivity contribution is -0.0411. The van der Waals surface area contributed by atoms with Crippen molar-refractivity contribution in [1.29, 1.82) is 0 Å². The second-order valence-corrected chi connectivity index (χ2v) is 8.81. The summed E-state index contributed by atoms with van der Waals surface area (Å²) in [7, 11) is 0. The third-order valence-corrected chi connectivity index (χ3v) is 5.80. The average Bonchev–Trinajstić information content (AvgIpc) is 2.68. The van der Waals surface area contributed by atoms with E-state index in [-0.39, 0.29) is 33.6 Å². The SMILES string of the molecule is CC(C)=CCc1c(O)cc2occ(-c3ccc4c(c3)CC(O)C(C)(C)O4)c(=O)c2c1O. The number of aliphatic hydroxyl groups excluding tert-OH is 1. The van der Waals surface area contributed by atoms with Crippen LogP contribution in [0.25, 0.3) is 22.1 Å². The lowest BCUT2D eigenvalue weighted by atomic mass is 9.89. The maximum absolute atomic E-state index is 13.3. The maximum Gasteiger partial charge on any atom is 0.204 e. The Labute approximate surface area is 180 Å². The van der Waals surface area contributed by atoms with E-state index in [0.29, 0.717) is 24.2 Å². The number of hydrogen-bond donors (Lipinski definition) is 3. The average molecular weight is 422 g/mol. The fourth-order valence-corrected chi connectivity index (χ4v) is 3.81. The van der Waals surface area contributed by atoms with Crippen LogP contribution in [0.15, 0.2) is 51.4 Å². The van der Waals surface area contributed by atoms with Crippen LogP contribution in [0.3, 0.4) is 0 Å². The van der Waals surface area contributed by atoms with Crippen molar-refractivity contribution in [2.75, 3.05) is 0 Å². The molecule has 0 bridgehead atoms. The van der Waals surface area contributed by atoms with E-state index in [2.05, 4.69) is 0 Å². The fourth-order valence-electron chi connectivity index (χ4n) is 3.81. The van der Waals surface area contributed by atoms with Gasteiger partial charge in [-0.3, -0.25) is 4.79 Å². The quantitative estimate of drug-likeness (QED) is 0.539. The Hall–Kier alpha value is -3.25. The Morgan fingerprint density at radius 3 is 2.68 bits per heavy atom. The van der Waals surface area contributed by atoms with Crippen LogP contribution in [-0.2, 0) is 12.8 Å². The van der Waals surface area contributed by atoms with Gasteiger partial charge in [0.25, 0.3) is 0 Å². The molecule has 4 rings (SSSR count). The largest absolute Gasteiger partial charge is 0.507 e. The summed E-state index contributed by atoms with van der Waals surface area (Å²) in [5, 5.41) is 31.5. The van der Waals surface area contributed by atoms with Crippen LogP contribution < -0.4 is 10.2 Å². The van der Waals surface area contributed by atoms with Gasteiger partial charge in [-0.2, -0.15) is 0 Å². The lowest BCUT2D eigenvalue weighted by Crippen LogP contribution is -2.46. The predicted octanol–water partition coefficient (Wildman–Crippen LogP) is 4.45. The molecule has 1 unspecified atom stereocenters. The van der Waals surface area contributed by atoms with Gasteiger partial charge in [-0.05, 0) is 57.4 Å². The maximum atomic E-state index is 13.3. The first-order valence-electron chi connectivity index (χ1n) is 10.2. The van der Waals surface area contributed by atoms with Crippen LogP contribution in [0.4, 0.5) is 0 Å². The highest BCUT2D eigenvalue weighted by Gasteiger charge is 2.35. The van der Waals surface area contributed by atoms with E-state index in [0.717, 1.165) is 11.1 Å². The van der Waals surface area contributed by atoms with Gasteiger partial charge < -0.3 is 24.5 Å². The van der Waals surface area contributed by atoms with Crippen LogP contribution in [0.1, 0.15) is 38.8 Å². The summed E-state index contributed by atoms with van der Waals surface area (Å²) in [5.74, 6) is 0.267. The normalized spacial score (nSPS) is 17.1. The molecule has 0 spiro atoms. The van der Waals surface area contributed by atoms with Crippen LogP contribution in [-0.4, -0.2) is 27.0 Å². The van der Waals surface area contributed by atoms with Gasteiger partial charge in [-0.15, -0.1) is 0 Å². The number of allylic oxidation sites excluding steroid dienone is 2. The standard InChI is InChI=1S/C25H26O6/c1-13(2)5-7-16-18(26)11-20-22(23(16)28)24(29)17(12-30-20)14-6-8-19-15(9-14)10-21(27)25(3,4)31-19/h5-6,8-9,11-12,21,26-28H,7,10H2,1-4H3. The molecule has 3 aromatic rings. The van der Waals surface area contributed by atoms with Crippen LogP contribution in [0, 0.1) is 0 Å². The van der Waals surface area contributed by atoms with Crippen molar-refractivity contribution in [2.45, 2.75) is 52.2 Å². The van der Waals surface area contributed by atoms with Gasteiger partial charge in [0, 0.05) is 18.1 Å². The zero-order valence-electron chi connectivity index (χ0n) is 18.0. The van der Waals surface area contributed by atoms with E-state index in [4.69, 9.17) is 9.15 Å². The van der Waals surface area contributed by atoms with Gasteiger partial charge in [-0.1, -0.05) is 17.7 Å². The highest BCUT2D eigenvalue weighted by Crippen LogP contribution is 2.38. The number of aliphatic hydroxyl groups is 1. The molecule has 1 atom stereocenters. The monoisotopic (exact) mass is 422 g/mol. The van der Waals surface area contributed by atoms with Gasteiger partial charge in [-0.25, -0.2) is 0 Å². The van der Waals surface area contributed by atoms with Crippen molar-refractivity contribution in [3.63, 3.8) is 0 Å². The molecule has 0 amide bonds. The first kappa shape index (κ1) is 21.0. The highest BCUT2D eigenvalue weighted by atomic mass is 16.5. The minimum Gasteiger partial charge on any atom is -0.507 e. The molecule has 6 nitrogen and oxygen atoms in total. The van der Waals surface area contributed by atoms with E-state index in [1.54, 1.807) is 18.2 Å². The zero-order chi connectivity index (χ0) is 22.5. The van der Waals surface area contributed by atoms with E-state index in [1.807, 2.05) is 33.8 Å². The number of fused-ring (bicyclic) bond motifs is 2. The van der Waals surface area contributed by atoms with Gasteiger partial charge in [0.1, 0.15) is 40.1 Å². The number of ether oxygens (including phenoxy) is 1. The molecular formula is C25H26O6. The van der Waals surface area contributed by atoms with Crippen molar-refractivity contribution < 1.29 is 24.5 Å². The molecule has 0 aliphatic carbocycles. The Bertz CT molecular complexity index is 1260. The number of hydrogen-bond acceptors (Lipinski definition) is 6. The molecule has 2 aromatic carbocycles. The van der Waals surface area contributed by atoms with Gasteiger partial charge >= 0.3 is 0 Å². The predicted molar refractivity (Wildman–Crippen MR) is 119 cm³/mol. The summed E-state index contributed by atoms with van der Waals surface area (Å²) in [6, 6.07) is 6.69. The first-order chi connectivity index (χ1) is 14.6. The molecular weight excluding hydrogens is 396 g/mol. The summed E-state index contributed by atoms with van der Waals surface area (Å²) >= 11 is 0. The van der Waals surface area contributed by atoms with Crippen molar-refractivity contribution in [3.8, 4) is 28.4 Å². The van der Waals surface area contributed by atoms with Crippen molar-refractivity contribution >= 4 is 11.0 Å². The number of phenols is 2. The number of aromatic hydroxyl groups is 2. The van der Waals surface area contributed by atoms with Crippen LogP contribution >= 0.6 is 0 Å². The van der Waals surface area contributed by atoms with Crippen molar-refractivity contribution in [2.24, 2.45) is 0 Å². The summed E-state index contributed by atoms with van der Waals surface area (Å²) in [4.78, 5) is 13.3. The minimum atomic E-state index is -0.689. The summed E-state index contributed by atoms with van der Waals surface area (Å²) in [6.07, 6.45) is 3.21. The molecule has 1 aliphatic heterocycles. The molecule has 1 aliphatic rings. The molecule has 2 heterocycles. The summed E-state index contributed by atoms with van der Waals surface area (Å²) < 4.78 is 11.5. The molecule has 162 valence electrons. The Kier molecular flexibility index (Phi) is 5.06. The molecule has 0 fully saturated rings.